The second kappa shape index (κ2) is 15.1. The second-order valence-electron chi connectivity index (χ2n) is 10.2. The van der Waals surface area contributed by atoms with Gasteiger partial charge in [-0.25, -0.2) is 10.6 Å². The minimum Gasteiger partial charge on any atom is -0.494 e. The topological polar surface area (TPSA) is 91.1 Å². The summed E-state index contributed by atoms with van der Waals surface area (Å²) in [6, 6.07) is 15.2. The number of esters is 2. The fourth-order valence-corrected chi connectivity index (χ4v) is 3.60. The maximum absolute atomic E-state index is 12.2. The Kier molecular flexibility index (Phi) is 12.2. The number of carbonyl (C=O) groups is 2. The molecule has 2 N–H and O–H groups in total. The first-order valence-corrected chi connectivity index (χ1v) is 13.0. The first kappa shape index (κ1) is 29.9. The number of benzene rings is 2. The van der Waals surface area contributed by atoms with E-state index in [0.29, 0.717) is 18.8 Å². The van der Waals surface area contributed by atoms with Gasteiger partial charge in [0.25, 0.3) is 0 Å². The van der Waals surface area contributed by atoms with E-state index in [4.69, 9.17) is 20.1 Å². The van der Waals surface area contributed by atoms with E-state index < -0.39 is 5.60 Å². The summed E-state index contributed by atoms with van der Waals surface area (Å²) >= 11 is 0. The maximum atomic E-state index is 12.2. The van der Waals surface area contributed by atoms with Crippen molar-refractivity contribution < 1.29 is 23.8 Å². The molecule has 0 saturated carbocycles. The maximum Gasteiger partial charge on any atom is 0.333 e. The zero-order chi connectivity index (χ0) is 27.3. The molecular formula is C30H42N2O5. The van der Waals surface area contributed by atoms with Crippen LogP contribution in [0, 0.1) is 0 Å². The van der Waals surface area contributed by atoms with Crippen LogP contribution in [0.15, 0.2) is 60.7 Å². The van der Waals surface area contributed by atoms with E-state index in [9.17, 15) is 9.59 Å². The van der Waals surface area contributed by atoms with Gasteiger partial charge in [-0.1, -0.05) is 44.4 Å². The first-order valence-electron chi connectivity index (χ1n) is 13.0. The van der Waals surface area contributed by atoms with Crippen molar-refractivity contribution in [2.45, 2.75) is 78.2 Å². The standard InChI is InChI=1S/C30H42N2O5/c1-23(2)29(34)36-20-11-9-7-6-8-10-19-35-27-17-15-25(16-18-27)32(31)26-14-12-13-24(21-26)22-28(33)37-30(3,4)5/h12-18,21H,1,6-11,19-20,22,31H2,2-5H3. The third kappa shape index (κ3) is 12.0. The summed E-state index contributed by atoms with van der Waals surface area (Å²) in [5.41, 5.74) is 2.37. The average molecular weight is 511 g/mol. The van der Waals surface area contributed by atoms with Crippen LogP contribution in [-0.2, 0) is 25.5 Å². The molecule has 0 aliphatic heterocycles. The van der Waals surface area contributed by atoms with Gasteiger partial charge in [0.05, 0.1) is 31.0 Å². The van der Waals surface area contributed by atoms with E-state index >= 15 is 0 Å². The van der Waals surface area contributed by atoms with Crippen LogP contribution in [-0.4, -0.2) is 30.8 Å². The van der Waals surface area contributed by atoms with E-state index in [1.165, 1.54) is 0 Å². The second-order valence-corrected chi connectivity index (χ2v) is 10.2. The normalized spacial score (nSPS) is 11.1. The molecule has 7 heteroatoms. The number of anilines is 2. The third-order valence-corrected chi connectivity index (χ3v) is 5.46. The number of carbonyl (C=O) groups excluding carboxylic acids is 2. The van der Waals surface area contributed by atoms with Gasteiger partial charge in [0.2, 0.25) is 0 Å². The molecule has 0 spiro atoms. The van der Waals surface area contributed by atoms with Crippen LogP contribution in [0.1, 0.15) is 71.8 Å². The highest BCUT2D eigenvalue weighted by Gasteiger charge is 2.17. The van der Waals surface area contributed by atoms with Gasteiger partial charge < -0.3 is 14.2 Å². The molecule has 7 nitrogen and oxygen atoms in total. The number of unbranched alkanes of at least 4 members (excludes halogenated alkanes) is 5. The molecule has 2 aromatic carbocycles. The summed E-state index contributed by atoms with van der Waals surface area (Å²) < 4.78 is 16.4. The van der Waals surface area contributed by atoms with Crippen molar-refractivity contribution >= 4 is 23.3 Å². The Balaban J connectivity index is 1.69. The highest BCUT2D eigenvalue weighted by molar-refractivity contribution is 5.86. The summed E-state index contributed by atoms with van der Waals surface area (Å²) in [4.78, 5) is 23.5. The fourth-order valence-electron chi connectivity index (χ4n) is 3.60. The summed E-state index contributed by atoms with van der Waals surface area (Å²) in [7, 11) is 0. The van der Waals surface area contributed by atoms with Gasteiger partial charge in [-0.3, -0.25) is 9.80 Å². The number of rotatable bonds is 15. The molecule has 0 aliphatic rings. The Morgan fingerprint density at radius 2 is 1.51 bits per heavy atom. The lowest BCUT2D eigenvalue weighted by molar-refractivity contribution is -0.154. The SMILES string of the molecule is C=C(C)C(=O)OCCCCCCCCOc1ccc(N(N)c2cccc(CC(=O)OC(C)(C)C)c2)cc1. The van der Waals surface area contributed by atoms with Crippen LogP contribution >= 0.6 is 0 Å². The van der Waals surface area contributed by atoms with Crippen molar-refractivity contribution in [3.05, 3.63) is 66.2 Å². The van der Waals surface area contributed by atoms with Gasteiger partial charge in [-0.2, -0.15) is 0 Å². The highest BCUT2D eigenvalue weighted by atomic mass is 16.6. The molecule has 2 rings (SSSR count). The smallest absolute Gasteiger partial charge is 0.333 e. The molecule has 0 radical (unpaired) electrons. The number of nitrogens with two attached hydrogens (primary N) is 1. The Bertz CT molecular complexity index is 1010. The summed E-state index contributed by atoms with van der Waals surface area (Å²) in [6.07, 6.45) is 6.45. The van der Waals surface area contributed by atoms with Crippen molar-refractivity contribution in [3.8, 4) is 5.75 Å². The van der Waals surface area contributed by atoms with E-state index in [1.807, 2.05) is 69.3 Å². The number of ether oxygens (including phenoxy) is 3. The van der Waals surface area contributed by atoms with Gasteiger partial charge in [-0.05, 0) is 82.5 Å². The molecule has 0 fully saturated rings. The monoisotopic (exact) mass is 510 g/mol. The molecule has 0 amide bonds. The van der Waals surface area contributed by atoms with Gasteiger partial charge in [-0.15, -0.1) is 0 Å². The van der Waals surface area contributed by atoms with Crippen molar-refractivity contribution in [2.24, 2.45) is 5.84 Å². The van der Waals surface area contributed by atoms with Crippen LogP contribution in [0.3, 0.4) is 0 Å². The Morgan fingerprint density at radius 1 is 0.892 bits per heavy atom. The lowest BCUT2D eigenvalue weighted by atomic mass is 10.1. The Hall–Kier alpha value is -3.32. The van der Waals surface area contributed by atoms with Crippen molar-refractivity contribution in [1.82, 2.24) is 0 Å². The summed E-state index contributed by atoms with van der Waals surface area (Å²) in [5.74, 6) is 6.56. The minimum absolute atomic E-state index is 0.191. The van der Waals surface area contributed by atoms with Gasteiger partial charge in [0.1, 0.15) is 11.4 Å². The van der Waals surface area contributed by atoms with Crippen molar-refractivity contribution in [3.63, 3.8) is 0 Å². The first-order chi connectivity index (χ1) is 17.5. The lowest BCUT2D eigenvalue weighted by Crippen LogP contribution is -2.26. The number of hydrogen-bond acceptors (Lipinski definition) is 7. The number of nitrogens with zero attached hydrogens (tertiary/aromatic N) is 1. The van der Waals surface area contributed by atoms with Gasteiger partial charge in [0, 0.05) is 5.57 Å². The Labute approximate surface area is 221 Å². The average Bonchev–Trinajstić information content (AvgIpc) is 2.83. The van der Waals surface area contributed by atoms with Crippen LogP contribution < -0.4 is 15.6 Å². The number of hydrazine groups is 1. The van der Waals surface area contributed by atoms with E-state index in [2.05, 4.69) is 6.58 Å². The minimum atomic E-state index is -0.512. The van der Waals surface area contributed by atoms with Crippen molar-refractivity contribution in [2.75, 3.05) is 18.2 Å². The highest BCUT2D eigenvalue weighted by Crippen LogP contribution is 2.25. The molecule has 0 atom stereocenters. The molecule has 37 heavy (non-hydrogen) atoms. The van der Waals surface area contributed by atoms with Crippen LogP contribution in [0.5, 0.6) is 5.75 Å². The van der Waals surface area contributed by atoms with Crippen molar-refractivity contribution in [1.29, 1.82) is 0 Å². The molecule has 0 saturated heterocycles. The Morgan fingerprint density at radius 3 is 2.14 bits per heavy atom. The summed E-state index contributed by atoms with van der Waals surface area (Å²) in [5, 5.41) is 1.59. The largest absolute Gasteiger partial charge is 0.494 e. The molecule has 0 aromatic heterocycles. The molecule has 0 heterocycles. The molecular weight excluding hydrogens is 468 g/mol. The quantitative estimate of drug-likeness (QED) is 0.0971. The molecule has 202 valence electrons. The van der Waals surface area contributed by atoms with E-state index in [0.717, 1.165) is 61.2 Å². The molecule has 2 aromatic rings. The summed E-state index contributed by atoms with van der Waals surface area (Å²) in [6.45, 7) is 11.9. The number of hydrogen-bond donors (Lipinski definition) is 1. The van der Waals surface area contributed by atoms with Crippen LogP contribution in [0.4, 0.5) is 11.4 Å². The van der Waals surface area contributed by atoms with Crippen LogP contribution in [0.25, 0.3) is 0 Å². The lowest BCUT2D eigenvalue weighted by Gasteiger charge is -2.21. The van der Waals surface area contributed by atoms with Gasteiger partial charge >= 0.3 is 11.9 Å². The third-order valence-electron chi connectivity index (χ3n) is 5.46. The fraction of sp³-hybridized carbons (Fsp3) is 0.467. The zero-order valence-electron chi connectivity index (χ0n) is 22.8. The molecule has 0 aliphatic carbocycles. The predicted octanol–water partition coefficient (Wildman–Crippen LogP) is 6.42. The van der Waals surface area contributed by atoms with Gasteiger partial charge in [0.15, 0.2) is 0 Å². The van der Waals surface area contributed by atoms with Crippen LogP contribution in [0.2, 0.25) is 0 Å². The molecule has 0 unspecified atom stereocenters. The van der Waals surface area contributed by atoms with E-state index in [1.54, 1.807) is 11.9 Å². The predicted molar refractivity (Wildman–Crippen MR) is 148 cm³/mol. The van der Waals surface area contributed by atoms with E-state index in [-0.39, 0.29) is 18.4 Å². The molecule has 0 bridgehead atoms. The zero-order valence-corrected chi connectivity index (χ0v) is 22.8.